The molecule has 1 amide bonds. The molecule has 0 aliphatic heterocycles. The number of methoxy groups -OCH3 is 1. The van der Waals surface area contributed by atoms with Crippen LogP contribution in [-0.4, -0.2) is 39.8 Å². The Kier molecular flexibility index (Phi) is 6.22. The third-order valence-corrected chi connectivity index (χ3v) is 4.91. The van der Waals surface area contributed by atoms with Gasteiger partial charge in [-0.25, -0.2) is 13.2 Å². The molecule has 8 heteroatoms. The average molecular weight is 391 g/mol. The van der Waals surface area contributed by atoms with Crippen LogP contribution in [0.5, 0.6) is 5.75 Å². The van der Waals surface area contributed by atoms with Crippen molar-refractivity contribution in [2.45, 2.75) is 24.8 Å². The molecule has 0 bridgehead atoms. The zero-order valence-corrected chi connectivity index (χ0v) is 16.3. The van der Waals surface area contributed by atoms with Crippen molar-refractivity contribution in [1.29, 1.82) is 0 Å². The number of carbonyl (C=O) groups excluding carboxylic acids is 2. The number of hydrogen-bond donors (Lipinski definition) is 1. The lowest BCUT2D eigenvalue weighted by atomic mass is 10.2. The van der Waals surface area contributed by atoms with E-state index in [4.69, 9.17) is 9.47 Å². The van der Waals surface area contributed by atoms with Gasteiger partial charge in [-0.05, 0) is 55.8 Å². The van der Waals surface area contributed by atoms with E-state index in [2.05, 4.69) is 5.32 Å². The molecule has 27 heavy (non-hydrogen) atoms. The highest BCUT2D eigenvalue weighted by Crippen LogP contribution is 2.25. The summed E-state index contributed by atoms with van der Waals surface area (Å²) >= 11 is 0. The molecule has 0 aliphatic carbocycles. The number of amides is 1. The van der Waals surface area contributed by atoms with Crippen LogP contribution in [0.1, 0.15) is 22.8 Å². The highest BCUT2D eigenvalue weighted by Gasteiger charge is 2.20. The van der Waals surface area contributed by atoms with Crippen molar-refractivity contribution in [1.82, 2.24) is 0 Å². The topological polar surface area (TPSA) is 98.8 Å². The average Bonchev–Trinajstić information content (AvgIpc) is 2.61. The van der Waals surface area contributed by atoms with Crippen LogP contribution in [0, 0.1) is 6.92 Å². The zero-order chi connectivity index (χ0) is 20.2. The lowest BCUT2D eigenvalue weighted by molar-refractivity contribution is -0.123. The fraction of sp³-hybridized carbons (Fsp3) is 0.263. The van der Waals surface area contributed by atoms with Gasteiger partial charge >= 0.3 is 5.97 Å². The number of aryl methyl sites for hydroxylation is 1. The normalized spacial score (nSPS) is 12.1. The van der Waals surface area contributed by atoms with Crippen molar-refractivity contribution in [3.63, 3.8) is 0 Å². The maximum absolute atomic E-state index is 12.3. The van der Waals surface area contributed by atoms with Crippen molar-refractivity contribution in [3.8, 4) is 5.75 Å². The van der Waals surface area contributed by atoms with Gasteiger partial charge in [0.05, 0.1) is 23.3 Å². The quantitative estimate of drug-likeness (QED) is 0.760. The molecule has 2 aromatic carbocycles. The Morgan fingerprint density at radius 1 is 1.07 bits per heavy atom. The second kappa shape index (κ2) is 8.22. The fourth-order valence-corrected chi connectivity index (χ4v) is 2.90. The molecule has 0 heterocycles. The number of ether oxygens (including phenoxy) is 2. The maximum Gasteiger partial charge on any atom is 0.338 e. The summed E-state index contributed by atoms with van der Waals surface area (Å²) in [5, 5.41) is 2.67. The van der Waals surface area contributed by atoms with E-state index in [9.17, 15) is 18.0 Å². The SMILES string of the molecule is COc1ccc(C)cc1NC(=O)[C@H](C)OC(=O)c1ccc(S(C)(=O)=O)cc1. The molecule has 7 nitrogen and oxygen atoms in total. The molecule has 144 valence electrons. The van der Waals surface area contributed by atoms with Gasteiger partial charge in [0.15, 0.2) is 15.9 Å². The molecule has 2 rings (SSSR count). The lowest BCUT2D eigenvalue weighted by Crippen LogP contribution is -2.30. The highest BCUT2D eigenvalue weighted by molar-refractivity contribution is 7.90. The molecular formula is C19H21NO6S. The van der Waals surface area contributed by atoms with Gasteiger partial charge in [-0.2, -0.15) is 0 Å². The summed E-state index contributed by atoms with van der Waals surface area (Å²) in [7, 11) is -1.86. The van der Waals surface area contributed by atoms with Crippen LogP contribution < -0.4 is 10.1 Å². The zero-order valence-electron chi connectivity index (χ0n) is 15.5. The summed E-state index contributed by atoms with van der Waals surface area (Å²) in [5.41, 5.74) is 1.56. The minimum Gasteiger partial charge on any atom is -0.495 e. The van der Waals surface area contributed by atoms with E-state index in [-0.39, 0.29) is 10.5 Å². The van der Waals surface area contributed by atoms with Crippen LogP contribution in [0.25, 0.3) is 0 Å². The van der Waals surface area contributed by atoms with Crippen molar-refractivity contribution in [3.05, 3.63) is 53.6 Å². The summed E-state index contributed by atoms with van der Waals surface area (Å²) in [6.45, 7) is 3.32. The van der Waals surface area contributed by atoms with E-state index >= 15 is 0 Å². The van der Waals surface area contributed by atoms with E-state index in [1.165, 1.54) is 38.3 Å². The molecule has 0 unspecified atom stereocenters. The maximum atomic E-state index is 12.3. The van der Waals surface area contributed by atoms with Gasteiger partial charge in [0.1, 0.15) is 5.75 Å². The van der Waals surface area contributed by atoms with Gasteiger partial charge in [-0.15, -0.1) is 0 Å². The number of nitrogens with one attached hydrogen (secondary N) is 1. The Bertz CT molecular complexity index is 951. The number of carbonyl (C=O) groups is 2. The van der Waals surface area contributed by atoms with Crippen LogP contribution in [0.3, 0.4) is 0 Å². The predicted octanol–water partition coefficient (Wildman–Crippen LogP) is 2.59. The molecule has 0 aliphatic rings. The first-order chi connectivity index (χ1) is 12.6. The Labute approximate surface area is 158 Å². The van der Waals surface area contributed by atoms with Crippen LogP contribution in [0.15, 0.2) is 47.4 Å². The number of benzene rings is 2. The van der Waals surface area contributed by atoms with Crippen LogP contribution in [-0.2, 0) is 19.4 Å². The Morgan fingerprint density at radius 3 is 2.26 bits per heavy atom. The van der Waals surface area contributed by atoms with Gasteiger partial charge in [0.2, 0.25) is 0 Å². The van der Waals surface area contributed by atoms with Gasteiger partial charge in [0, 0.05) is 6.26 Å². The molecule has 0 saturated carbocycles. The van der Waals surface area contributed by atoms with Gasteiger partial charge in [-0.1, -0.05) is 6.07 Å². The molecular weight excluding hydrogens is 370 g/mol. The van der Waals surface area contributed by atoms with Crippen molar-refractivity contribution in [2.75, 3.05) is 18.7 Å². The molecule has 0 aromatic heterocycles. The molecule has 2 aromatic rings. The van der Waals surface area contributed by atoms with Gasteiger partial charge < -0.3 is 14.8 Å². The third kappa shape index (κ3) is 5.30. The standard InChI is InChI=1S/C19H21NO6S/c1-12-5-10-17(25-3)16(11-12)20-18(21)13(2)26-19(22)14-6-8-15(9-7-14)27(4,23)24/h5-11,13H,1-4H3,(H,20,21)/t13-/m0/s1. The van der Waals surface area contributed by atoms with Crippen molar-refractivity contribution >= 4 is 27.4 Å². The van der Waals surface area contributed by atoms with E-state index in [1.54, 1.807) is 12.1 Å². The number of hydrogen-bond acceptors (Lipinski definition) is 6. The van der Waals surface area contributed by atoms with E-state index in [0.717, 1.165) is 11.8 Å². The van der Waals surface area contributed by atoms with Gasteiger partial charge in [-0.3, -0.25) is 4.79 Å². The summed E-state index contributed by atoms with van der Waals surface area (Å²) in [6.07, 6.45) is 0.0176. The molecule has 0 spiro atoms. The minimum absolute atomic E-state index is 0.0939. The summed E-state index contributed by atoms with van der Waals surface area (Å²) in [5.74, 6) is -0.752. The van der Waals surface area contributed by atoms with Crippen molar-refractivity contribution < 1.29 is 27.5 Å². The van der Waals surface area contributed by atoms with E-state index in [0.29, 0.717) is 11.4 Å². The molecule has 1 N–H and O–H groups in total. The third-order valence-electron chi connectivity index (χ3n) is 3.78. The van der Waals surface area contributed by atoms with Crippen LogP contribution in [0.2, 0.25) is 0 Å². The fourth-order valence-electron chi connectivity index (χ4n) is 2.27. The second-order valence-corrected chi connectivity index (χ2v) is 8.05. The molecule has 0 radical (unpaired) electrons. The van der Waals surface area contributed by atoms with Crippen molar-refractivity contribution in [2.24, 2.45) is 0 Å². The largest absolute Gasteiger partial charge is 0.495 e. The van der Waals surface area contributed by atoms with E-state index < -0.39 is 27.8 Å². The Balaban J connectivity index is 2.06. The molecule has 1 atom stereocenters. The second-order valence-electron chi connectivity index (χ2n) is 6.04. The smallest absolute Gasteiger partial charge is 0.338 e. The number of anilines is 1. The number of rotatable bonds is 6. The molecule has 0 saturated heterocycles. The molecule has 0 fully saturated rings. The monoisotopic (exact) mass is 391 g/mol. The lowest BCUT2D eigenvalue weighted by Gasteiger charge is -2.15. The first kappa shape index (κ1) is 20.4. The summed E-state index contributed by atoms with van der Waals surface area (Å²) in [6, 6.07) is 10.6. The first-order valence-corrected chi connectivity index (χ1v) is 9.97. The number of esters is 1. The highest BCUT2D eigenvalue weighted by atomic mass is 32.2. The Morgan fingerprint density at radius 2 is 1.70 bits per heavy atom. The van der Waals surface area contributed by atoms with Gasteiger partial charge in [0.25, 0.3) is 5.91 Å². The summed E-state index contributed by atoms with van der Waals surface area (Å²) < 4.78 is 33.3. The predicted molar refractivity (Wildman–Crippen MR) is 101 cm³/mol. The minimum atomic E-state index is -3.35. The number of sulfone groups is 1. The van der Waals surface area contributed by atoms with Crippen LogP contribution in [0.4, 0.5) is 5.69 Å². The van der Waals surface area contributed by atoms with E-state index in [1.807, 2.05) is 13.0 Å². The summed E-state index contributed by atoms with van der Waals surface area (Å²) in [4.78, 5) is 24.6. The Hall–Kier alpha value is -2.87. The first-order valence-electron chi connectivity index (χ1n) is 8.08. The van der Waals surface area contributed by atoms with Crippen LogP contribution >= 0.6 is 0 Å².